The number of fused-ring (bicyclic) bond motifs is 1. The molecule has 3 rings (SSSR count). The van der Waals surface area contributed by atoms with Crippen molar-refractivity contribution in [3.63, 3.8) is 0 Å². The quantitative estimate of drug-likeness (QED) is 0.914. The van der Waals surface area contributed by atoms with Crippen molar-refractivity contribution in [2.75, 3.05) is 31.1 Å². The molecule has 0 atom stereocenters. The number of carbonyl (C=O) groups is 1. The number of anilines is 1. The first kappa shape index (κ1) is 17.6. The minimum absolute atomic E-state index is 0.102. The monoisotopic (exact) mass is 338 g/mol. The number of benzene rings is 1. The summed E-state index contributed by atoms with van der Waals surface area (Å²) in [6, 6.07) is 12.3. The summed E-state index contributed by atoms with van der Waals surface area (Å²) >= 11 is 0. The van der Waals surface area contributed by atoms with Gasteiger partial charge in [-0.1, -0.05) is 24.3 Å². The summed E-state index contributed by atoms with van der Waals surface area (Å²) < 4.78 is 0. The van der Waals surface area contributed by atoms with Crippen LogP contribution in [0.1, 0.15) is 24.5 Å². The molecule has 0 bridgehead atoms. The van der Waals surface area contributed by atoms with E-state index in [9.17, 15) is 4.79 Å². The second kappa shape index (κ2) is 8.74. The molecule has 1 N–H and O–H groups in total. The van der Waals surface area contributed by atoms with Crippen molar-refractivity contribution in [1.29, 1.82) is 0 Å². The van der Waals surface area contributed by atoms with Crippen LogP contribution in [0.4, 0.5) is 5.69 Å². The van der Waals surface area contributed by atoms with E-state index < -0.39 is 0 Å². The SMILES string of the molecule is CC(=O)N1CCCN(Cc2cccnc2)CCNCc2ccccc21. The van der Waals surface area contributed by atoms with Gasteiger partial charge in [0.2, 0.25) is 5.91 Å². The minimum atomic E-state index is 0.102. The van der Waals surface area contributed by atoms with Crippen LogP contribution in [0.2, 0.25) is 0 Å². The van der Waals surface area contributed by atoms with Crippen molar-refractivity contribution in [3.05, 3.63) is 59.9 Å². The van der Waals surface area contributed by atoms with Crippen LogP contribution in [-0.4, -0.2) is 42.0 Å². The lowest BCUT2D eigenvalue weighted by Crippen LogP contribution is -2.34. The van der Waals surface area contributed by atoms with E-state index in [1.54, 1.807) is 13.1 Å². The minimum Gasteiger partial charge on any atom is -0.312 e. The first-order chi connectivity index (χ1) is 12.2. The van der Waals surface area contributed by atoms with Crippen LogP contribution in [0.3, 0.4) is 0 Å². The van der Waals surface area contributed by atoms with E-state index in [1.807, 2.05) is 35.4 Å². The molecule has 1 aliphatic rings. The first-order valence-corrected chi connectivity index (χ1v) is 8.92. The van der Waals surface area contributed by atoms with E-state index in [0.717, 1.165) is 51.4 Å². The number of nitrogens with one attached hydrogen (secondary N) is 1. The van der Waals surface area contributed by atoms with E-state index in [1.165, 1.54) is 11.1 Å². The van der Waals surface area contributed by atoms with Gasteiger partial charge in [-0.3, -0.25) is 14.7 Å². The van der Waals surface area contributed by atoms with Crippen LogP contribution >= 0.6 is 0 Å². The summed E-state index contributed by atoms with van der Waals surface area (Å²) in [7, 11) is 0. The molecule has 0 radical (unpaired) electrons. The van der Waals surface area contributed by atoms with Crippen LogP contribution in [0.5, 0.6) is 0 Å². The van der Waals surface area contributed by atoms with Crippen LogP contribution in [0, 0.1) is 0 Å². The maximum Gasteiger partial charge on any atom is 0.223 e. The van der Waals surface area contributed by atoms with E-state index in [0.29, 0.717) is 0 Å². The Hall–Kier alpha value is -2.24. The molecule has 1 amide bonds. The van der Waals surface area contributed by atoms with Gasteiger partial charge in [0, 0.05) is 64.3 Å². The number of para-hydroxylation sites is 1. The zero-order valence-electron chi connectivity index (χ0n) is 14.8. The summed E-state index contributed by atoms with van der Waals surface area (Å²) in [4.78, 5) is 20.7. The van der Waals surface area contributed by atoms with Gasteiger partial charge in [-0.2, -0.15) is 0 Å². The normalized spacial score (nSPS) is 16.8. The van der Waals surface area contributed by atoms with Gasteiger partial charge >= 0.3 is 0 Å². The Balaban J connectivity index is 1.72. The fraction of sp³-hybridized carbons (Fsp3) is 0.400. The van der Waals surface area contributed by atoms with Crippen molar-refractivity contribution >= 4 is 11.6 Å². The lowest BCUT2D eigenvalue weighted by atomic mass is 10.1. The molecule has 2 aromatic rings. The molecular weight excluding hydrogens is 312 g/mol. The van der Waals surface area contributed by atoms with E-state index in [-0.39, 0.29) is 5.91 Å². The van der Waals surface area contributed by atoms with Gasteiger partial charge in [0.1, 0.15) is 0 Å². The standard InChI is InChI=1S/C20H26N4O/c1-17(25)24-12-5-11-23(16-18-6-4-9-21-14-18)13-10-22-15-19-7-2-3-8-20(19)24/h2-4,6-9,14,22H,5,10-13,15-16H2,1H3. The highest BCUT2D eigenvalue weighted by Gasteiger charge is 2.16. The maximum absolute atomic E-state index is 12.2. The van der Waals surface area contributed by atoms with Gasteiger partial charge in [-0.25, -0.2) is 0 Å². The molecule has 0 aliphatic carbocycles. The van der Waals surface area contributed by atoms with Crippen molar-refractivity contribution in [2.45, 2.75) is 26.4 Å². The molecule has 132 valence electrons. The van der Waals surface area contributed by atoms with Crippen molar-refractivity contribution in [2.24, 2.45) is 0 Å². The van der Waals surface area contributed by atoms with Gasteiger partial charge < -0.3 is 10.2 Å². The average molecular weight is 338 g/mol. The topological polar surface area (TPSA) is 48.5 Å². The second-order valence-electron chi connectivity index (χ2n) is 6.47. The number of rotatable bonds is 2. The number of hydrogen-bond acceptors (Lipinski definition) is 4. The number of pyridine rings is 1. The fourth-order valence-corrected chi connectivity index (χ4v) is 3.30. The molecule has 2 heterocycles. The second-order valence-corrected chi connectivity index (χ2v) is 6.47. The molecule has 0 fully saturated rings. The van der Waals surface area contributed by atoms with E-state index in [2.05, 4.69) is 27.3 Å². The third kappa shape index (κ3) is 4.87. The smallest absolute Gasteiger partial charge is 0.223 e. The Labute approximate surface area is 149 Å². The molecule has 1 aliphatic heterocycles. The molecule has 5 heteroatoms. The third-order valence-corrected chi connectivity index (χ3v) is 4.57. The molecule has 1 aromatic heterocycles. The van der Waals surface area contributed by atoms with Gasteiger partial charge in [-0.05, 0) is 29.7 Å². The summed E-state index contributed by atoms with van der Waals surface area (Å²) in [6.07, 6.45) is 4.68. The Morgan fingerprint density at radius 3 is 2.84 bits per heavy atom. The van der Waals surface area contributed by atoms with Crippen molar-refractivity contribution in [1.82, 2.24) is 15.2 Å². The number of amides is 1. The predicted octanol–water partition coefficient (Wildman–Crippen LogP) is 2.43. The van der Waals surface area contributed by atoms with Gasteiger partial charge in [-0.15, -0.1) is 0 Å². The summed E-state index contributed by atoms with van der Waals surface area (Å²) in [5.41, 5.74) is 3.44. The number of hydrogen-bond donors (Lipinski definition) is 1. The number of carbonyl (C=O) groups excluding carboxylic acids is 1. The predicted molar refractivity (Wildman–Crippen MR) is 100 cm³/mol. The highest BCUT2D eigenvalue weighted by molar-refractivity contribution is 5.92. The lowest BCUT2D eigenvalue weighted by molar-refractivity contribution is -0.116. The molecule has 25 heavy (non-hydrogen) atoms. The Kier molecular flexibility index (Phi) is 6.14. The van der Waals surface area contributed by atoms with Gasteiger partial charge in [0.05, 0.1) is 0 Å². The van der Waals surface area contributed by atoms with Gasteiger partial charge in [0.15, 0.2) is 0 Å². The van der Waals surface area contributed by atoms with Crippen LogP contribution < -0.4 is 10.2 Å². The van der Waals surface area contributed by atoms with Crippen LogP contribution in [-0.2, 0) is 17.9 Å². The Bertz CT molecular complexity index is 689. The average Bonchev–Trinajstić information content (AvgIpc) is 2.66. The van der Waals surface area contributed by atoms with E-state index >= 15 is 0 Å². The zero-order chi connectivity index (χ0) is 17.5. The number of aromatic nitrogens is 1. The lowest BCUT2D eigenvalue weighted by Gasteiger charge is -2.25. The highest BCUT2D eigenvalue weighted by Crippen LogP contribution is 2.21. The zero-order valence-corrected chi connectivity index (χ0v) is 14.8. The van der Waals surface area contributed by atoms with Crippen molar-refractivity contribution in [3.8, 4) is 0 Å². The number of nitrogens with zero attached hydrogens (tertiary/aromatic N) is 3. The molecule has 0 saturated heterocycles. The van der Waals surface area contributed by atoms with Crippen molar-refractivity contribution < 1.29 is 4.79 Å². The first-order valence-electron chi connectivity index (χ1n) is 8.92. The third-order valence-electron chi connectivity index (χ3n) is 4.57. The summed E-state index contributed by atoms with van der Waals surface area (Å²) in [6.45, 7) is 6.94. The largest absolute Gasteiger partial charge is 0.312 e. The fourth-order valence-electron chi connectivity index (χ4n) is 3.30. The van der Waals surface area contributed by atoms with E-state index in [4.69, 9.17) is 0 Å². The van der Waals surface area contributed by atoms with Crippen LogP contribution in [0.25, 0.3) is 0 Å². The molecule has 1 aromatic carbocycles. The maximum atomic E-state index is 12.2. The summed E-state index contributed by atoms with van der Waals surface area (Å²) in [5.74, 6) is 0.102. The Morgan fingerprint density at radius 2 is 2.04 bits per heavy atom. The molecule has 0 unspecified atom stereocenters. The highest BCUT2D eigenvalue weighted by atomic mass is 16.2. The molecule has 5 nitrogen and oxygen atoms in total. The molecule has 0 saturated carbocycles. The Morgan fingerprint density at radius 1 is 1.16 bits per heavy atom. The van der Waals surface area contributed by atoms with Crippen LogP contribution in [0.15, 0.2) is 48.8 Å². The molecule has 0 spiro atoms. The molecular formula is C20H26N4O. The summed E-state index contributed by atoms with van der Waals surface area (Å²) in [5, 5.41) is 3.52. The van der Waals surface area contributed by atoms with Gasteiger partial charge in [0.25, 0.3) is 0 Å².